The van der Waals surface area contributed by atoms with E-state index < -0.39 is 6.10 Å². The fourth-order valence-corrected chi connectivity index (χ4v) is 2.02. The van der Waals surface area contributed by atoms with Gasteiger partial charge in [0.25, 0.3) is 5.91 Å². The minimum atomic E-state index is -0.505. The van der Waals surface area contributed by atoms with Gasteiger partial charge in [-0.2, -0.15) is 0 Å². The van der Waals surface area contributed by atoms with E-state index in [9.17, 15) is 4.79 Å². The Bertz CT molecular complexity index is 569. The van der Waals surface area contributed by atoms with Crippen molar-refractivity contribution in [3.63, 3.8) is 0 Å². The molecular formula is C17H18ClNO2. The van der Waals surface area contributed by atoms with Gasteiger partial charge in [0.2, 0.25) is 0 Å². The Hall–Kier alpha value is -2.00. The fraction of sp³-hybridized carbons (Fsp3) is 0.235. The highest BCUT2D eigenvalue weighted by Crippen LogP contribution is 2.17. The SMILES string of the molecule is CC[C@H](Oc1ccc(Cl)cc1)C(=O)NCc1ccccc1. The summed E-state index contributed by atoms with van der Waals surface area (Å²) in [6.07, 6.45) is 0.0957. The lowest BCUT2D eigenvalue weighted by molar-refractivity contribution is -0.128. The molecule has 1 N–H and O–H groups in total. The summed E-state index contributed by atoms with van der Waals surface area (Å²) < 4.78 is 5.70. The molecule has 0 saturated heterocycles. The van der Waals surface area contributed by atoms with Crippen LogP contribution in [0.5, 0.6) is 5.75 Å². The third-order valence-electron chi connectivity index (χ3n) is 3.06. The molecule has 1 atom stereocenters. The predicted octanol–water partition coefficient (Wildman–Crippen LogP) is 3.81. The number of hydrogen-bond acceptors (Lipinski definition) is 2. The van der Waals surface area contributed by atoms with E-state index in [2.05, 4.69) is 5.32 Å². The van der Waals surface area contributed by atoms with Crippen LogP contribution in [0.1, 0.15) is 18.9 Å². The molecule has 2 aromatic carbocycles. The Morgan fingerprint density at radius 2 is 1.81 bits per heavy atom. The zero-order chi connectivity index (χ0) is 15.1. The molecule has 2 rings (SSSR count). The molecule has 0 radical (unpaired) electrons. The molecule has 0 saturated carbocycles. The average Bonchev–Trinajstić information content (AvgIpc) is 2.53. The molecule has 0 bridgehead atoms. The topological polar surface area (TPSA) is 38.3 Å². The van der Waals surface area contributed by atoms with Gasteiger partial charge in [0.15, 0.2) is 6.10 Å². The van der Waals surface area contributed by atoms with Crippen molar-refractivity contribution in [3.8, 4) is 5.75 Å². The van der Waals surface area contributed by atoms with Crippen molar-refractivity contribution in [1.29, 1.82) is 0 Å². The van der Waals surface area contributed by atoms with Gasteiger partial charge in [-0.3, -0.25) is 4.79 Å². The van der Waals surface area contributed by atoms with E-state index in [0.717, 1.165) is 5.56 Å². The van der Waals surface area contributed by atoms with Gasteiger partial charge in [-0.25, -0.2) is 0 Å². The highest BCUT2D eigenvalue weighted by atomic mass is 35.5. The Labute approximate surface area is 129 Å². The quantitative estimate of drug-likeness (QED) is 0.881. The van der Waals surface area contributed by atoms with Gasteiger partial charge in [-0.1, -0.05) is 48.9 Å². The van der Waals surface area contributed by atoms with E-state index in [1.807, 2.05) is 37.3 Å². The van der Waals surface area contributed by atoms with Crippen molar-refractivity contribution in [2.45, 2.75) is 26.0 Å². The highest BCUT2D eigenvalue weighted by molar-refractivity contribution is 6.30. The van der Waals surface area contributed by atoms with E-state index in [1.165, 1.54) is 0 Å². The number of ether oxygens (including phenoxy) is 1. The molecule has 0 aliphatic rings. The second kappa shape index (κ2) is 7.70. The standard InChI is InChI=1S/C17H18ClNO2/c1-2-16(21-15-10-8-14(18)9-11-15)17(20)19-12-13-6-4-3-5-7-13/h3-11,16H,2,12H2,1H3,(H,19,20)/t16-/m0/s1. The zero-order valence-electron chi connectivity index (χ0n) is 11.9. The summed E-state index contributed by atoms with van der Waals surface area (Å²) in [4.78, 5) is 12.2. The van der Waals surface area contributed by atoms with Crippen LogP contribution in [-0.4, -0.2) is 12.0 Å². The van der Waals surface area contributed by atoms with E-state index in [1.54, 1.807) is 24.3 Å². The van der Waals surface area contributed by atoms with Crippen molar-refractivity contribution >= 4 is 17.5 Å². The van der Waals surface area contributed by atoms with Crippen LogP contribution < -0.4 is 10.1 Å². The number of benzene rings is 2. The maximum Gasteiger partial charge on any atom is 0.261 e. The monoisotopic (exact) mass is 303 g/mol. The molecule has 1 amide bonds. The second-order valence-electron chi connectivity index (χ2n) is 4.67. The Morgan fingerprint density at radius 1 is 1.14 bits per heavy atom. The van der Waals surface area contributed by atoms with Crippen LogP contribution in [0.3, 0.4) is 0 Å². The van der Waals surface area contributed by atoms with Gasteiger partial charge >= 0.3 is 0 Å². The summed E-state index contributed by atoms with van der Waals surface area (Å²) in [5, 5.41) is 3.53. The highest BCUT2D eigenvalue weighted by Gasteiger charge is 2.17. The lowest BCUT2D eigenvalue weighted by atomic mass is 10.2. The lowest BCUT2D eigenvalue weighted by Gasteiger charge is -2.17. The van der Waals surface area contributed by atoms with Crippen molar-refractivity contribution in [2.75, 3.05) is 0 Å². The number of carbonyl (C=O) groups excluding carboxylic acids is 1. The molecule has 0 fully saturated rings. The van der Waals surface area contributed by atoms with Crippen LogP contribution in [0.2, 0.25) is 5.02 Å². The van der Waals surface area contributed by atoms with Crippen molar-refractivity contribution in [1.82, 2.24) is 5.32 Å². The number of nitrogens with one attached hydrogen (secondary N) is 1. The van der Waals surface area contributed by atoms with Gasteiger partial charge < -0.3 is 10.1 Å². The molecule has 0 spiro atoms. The Kier molecular flexibility index (Phi) is 5.64. The van der Waals surface area contributed by atoms with Crippen molar-refractivity contribution < 1.29 is 9.53 Å². The maximum atomic E-state index is 12.2. The summed E-state index contributed by atoms with van der Waals surface area (Å²) in [6, 6.07) is 16.8. The van der Waals surface area contributed by atoms with Gasteiger partial charge in [0.1, 0.15) is 5.75 Å². The number of rotatable bonds is 6. The molecule has 4 heteroatoms. The summed E-state index contributed by atoms with van der Waals surface area (Å²) in [6.45, 7) is 2.42. The van der Waals surface area contributed by atoms with Crippen LogP contribution in [0.15, 0.2) is 54.6 Å². The smallest absolute Gasteiger partial charge is 0.261 e. The first-order valence-corrected chi connectivity index (χ1v) is 7.30. The second-order valence-corrected chi connectivity index (χ2v) is 5.11. The van der Waals surface area contributed by atoms with E-state index in [4.69, 9.17) is 16.3 Å². The minimum Gasteiger partial charge on any atom is -0.481 e. The molecule has 0 heterocycles. The number of carbonyl (C=O) groups is 1. The lowest BCUT2D eigenvalue weighted by Crippen LogP contribution is -2.37. The summed E-state index contributed by atoms with van der Waals surface area (Å²) in [5.74, 6) is 0.525. The average molecular weight is 304 g/mol. The first-order valence-electron chi connectivity index (χ1n) is 6.93. The van der Waals surface area contributed by atoms with Crippen LogP contribution in [0, 0.1) is 0 Å². The fourth-order valence-electron chi connectivity index (χ4n) is 1.90. The number of amides is 1. The molecule has 0 unspecified atom stereocenters. The van der Waals surface area contributed by atoms with E-state index in [-0.39, 0.29) is 5.91 Å². The van der Waals surface area contributed by atoms with E-state index >= 15 is 0 Å². The third-order valence-corrected chi connectivity index (χ3v) is 3.32. The minimum absolute atomic E-state index is 0.115. The molecule has 110 valence electrons. The molecule has 3 nitrogen and oxygen atoms in total. The largest absolute Gasteiger partial charge is 0.481 e. The van der Waals surface area contributed by atoms with Crippen LogP contribution in [0.4, 0.5) is 0 Å². The van der Waals surface area contributed by atoms with Crippen molar-refractivity contribution in [2.24, 2.45) is 0 Å². The maximum absolute atomic E-state index is 12.2. The number of halogens is 1. The Balaban J connectivity index is 1.90. The van der Waals surface area contributed by atoms with Crippen molar-refractivity contribution in [3.05, 3.63) is 65.2 Å². The molecule has 21 heavy (non-hydrogen) atoms. The van der Waals surface area contributed by atoms with Crippen LogP contribution in [0.25, 0.3) is 0 Å². The van der Waals surface area contributed by atoms with Gasteiger partial charge in [-0.05, 0) is 36.2 Å². The van der Waals surface area contributed by atoms with E-state index in [0.29, 0.717) is 23.7 Å². The molecule has 0 aliphatic heterocycles. The zero-order valence-corrected chi connectivity index (χ0v) is 12.6. The first kappa shape index (κ1) is 15.4. The normalized spacial score (nSPS) is 11.7. The molecule has 0 aromatic heterocycles. The van der Waals surface area contributed by atoms with Gasteiger partial charge in [0, 0.05) is 11.6 Å². The van der Waals surface area contributed by atoms with Crippen LogP contribution in [-0.2, 0) is 11.3 Å². The summed E-state index contributed by atoms with van der Waals surface area (Å²) in [5.41, 5.74) is 1.06. The molecule has 2 aromatic rings. The molecule has 0 aliphatic carbocycles. The number of hydrogen-bond donors (Lipinski definition) is 1. The molecular weight excluding hydrogens is 286 g/mol. The summed E-state index contributed by atoms with van der Waals surface area (Å²) >= 11 is 5.83. The van der Waals surface area contributed by atoms with Crippen LogP contribution >= 0.6 is 11.6 Å². The first-order chi connectivity index (χ1) is 10.2. The third kappa shape index (κ3) is 4.80. The van der Waals surface area contributed by atoms with Gasteiger partial charge in [0.05, 0.1) is 0 Å². The Morgan fingerprint density at radius 3 is 2.43 bits per heavy atom. The predicted molar refractivity (Wildman–Crippen MR) is 84.4 cm³/mol. The summed E-state index contributed by atoms with van der Waals surface area (Å²) in [7, 11) is 0. The van der Waals surface area contributed by atoms with Gasteiger partial charge in [-0.15, -0.1) is 0 Å².